The molecule has 1 aromatic heterocycles. The van der Waals surface area contributed by atoms with Gasteiger partial charge in [-0.3, -0.25) is 0 Å². The summed E-state index contributed by atoms with van der Waals surface area (Å²) in [4.78, 5) is 0. The first-order chi connectivity index (χ1) is 8.43. The number of thiophene rings is 1. The lowest BCUT2D eigenvalue weighted by atomic mass is 9.94. The topological polar surface area (TPSA) is 57.6 Å². The lowest BCUT2D eigenvalue weighted by Gasteiger charge is -2.33. The summed E-state index contributed by atoms with van der Waals surface area (Å²) in [6.07, 6.45) is 1.08. The third-order valence-corrected chi connectivity index (χ3v) is 6.54. The van der Waals surface area contributed by atoms with E-state index in [4.69, 9.17) is 5.11 Å². The summed E-state index contributed by atoms with van der Waals surface area (Å²) >= 11 is 1.19. The molecule has 1 N–H and O–H groups in total. The minimum Gasteiger partial charge on any atom is -0.392 e. The van der Waals surface area contributed by atoms with Crippen molar-refractivity contribution in [1.82, 2.24) is 4.31 Å². The Morgan fingerprint density at radius 1 is 1.39 bits per heavy atom. The number of hydrogen-bond acceptors (Lipinski definition) is 4. The fraction of sp³-hybridized carbons (Fsp3) is 0.667. The molecule has 0 spiro atoms. The summed E-state index contributed by atoms with van der Waals surface area (Å²) in [6, 6.07) is 1.57. The predicted molar refractivity (Wildman–Crippen MR) is 71.9 cm³/mol. The summed E-state index contributed by atoms with van der Waals surface area (Å²) in [7, 11) is -3.38. The summed E-state index contributed by atoms with van der Waals surface area (Å²) in [5.41, 5.74) is 0.664. The SMILES string of the molecule is CC1CC(C)CN(S(=O)(=O)c2cc(CO)cs2)C1. The van der Waals surface area contributed by atoms with E-state index >= 15 is 0 Å². The van der Waals surface area contributed by atoms with Crippen molar-refractivity contribution in [3.05, 3.63) is 17.0 Å². The molecular weight excluding hydrogens is 270 g/mol. The smallest absolute Gasteiger partial charge is 0.252 e. The van der Waals surface area contributed by atoms with Crippen LogP contribution in [0.2, 0.25) is 0 Å². The highest BCUT2D eigenvalue weighted by Gasteiger charge is 2.32. The van der Waals surface area contributed by atoms with Crippen LogP contribution in [0.25, 0.3) is 0 Å². The molecule has 0 aliphatic carbocycles. The molecule has 6 heteroatoms. The predicted octanol–water partition coefficient (Wildman–Crippen LogP) is 1.91. The molecule has 1 aliphatic rings. The summed E-state index contributed by atoms with van der Waals surface area (Å²) in [5.74, 6) is 0.807. The van der Waals surface area contributed by atoms with E-state index in [1.54, 1.807) is 15.8 Å². The van der Waals surface area contributed by atoms with Crippen LogP contribution in [0.1, 0.15) is 25.8 Å². The number of sulfonamides is 1. The number of piperidine rings is 1. The monoisotopic (exact) mass is 289 g/mol. The van der Waals surface area contributed by atoms with Crippen LogP contribution >= 0.6 is 11.3 Å². The molecule has 1 saturated heterocycles. The molecule has 18 heavy (non-hydrogen) atoms. The zero-order chi connectivity index (χ0) is 13.3. The first kappa shape index (κ1) is 14.0. The molecular formula is C12H19NO3S2. The highest BCUT2D eigenvalue weighted by Crippen LogP contribution is 2.29. The minimum atomic E-state index is -3.38. The van der Waals surface area contributed by atoms with Crippen molar-refractivity contribution in [3.63, 3.8) is 0 Å². The Morgan fingerprint density at radius 3 is 2.50 bits per heavy atom. The van der Waals surface area contributed by atoms with Crippen LogP contribution in [0.3, 0.4) is 0 Å². The minimum absolute atomic E-state index is 0.112. The zero-order valence-corrected chi connectivity index (χ0v) is 12.3. The van der Waals surface area contributed by atoms with E-state index in [0.717, 1.165) is 6.42 Å². The van der Waals surface area contributed by atoms with Gasteiger partial charge in [0.05, 0.1) is 6.61 Å². The van der Waals surface area contributed by atoms with Crippen LogP contribution in [0.5, 0.6) is 0 Å². The second-order valence-corrected chi connectivity index (χ2v) is 8.28. The molecule has 4 nitrogen and oxygen atoms in total. The van der Waals surface area contributed by atoms with Crippen molar-refractivity contribution in [2.75, 3.05) is 13.1 Å². The molecule has 1 fully saturated rings. The van der Waals surface area contributed by atoms with Crippen LogP contribution in [0.15, 0.2) is 15.7 Å². The molecule has 0 aromatic carbocycles. The molecule has 2 unspecified atom stereocenters. The van der Waals surface area contributed by atoms with E-state index in [0.29, 0.717) is 34.7 Å². The average Bonchev–Trinajstić information content (AvgIpc) is 2.76. The van der Waals surface area contributed by atoms with Crippen LogP contribution in [0, 0.1) is 11.8 Å². The van der Waals surface area contributed by atoms with Gasteiger partial charge in [-0.2, -0.15) is 4.31 Å². The van der Waals surface area contributed by atoms with E-state index in [1.807, 2.05) is 0 Å². The van der Waals surface area contributed by atoms with Gasteiger partial charge in [0, 0.05) is 13.1 Å². The fourth-order valence-electron chi connectivity index (χ4n) is 2.50. The molecule has 0 saturated carbocycles. The Bertz CT molecular complexity index is 499. The normalized spacial score (nSPS) is 26.4. The first-order valence-corrected chi connectivity index (χ1v) is 8.44. The summed E-state index contributed by atoms with van der Waals surface area (Å²) < 4.78 is 26.8. The molecule has 0 radical (unpaired) electrons. The average molecular weight is 289 g/mol. The van der Waals surface area contributed by atoms with Gasteiger partial charge < -0.3 is 5.11 Å². The van der Waals surface area contributed by atoms with Gasteiger partial charge in [0.2, 0.25) is 0 Å². The van der Waals surface area contributed by atoms with Crippen molar-refractivity contribution >= 4 is 21.4 Å². The number of rotatable bonds is 3. The molecule has 2 rings (SSSR count). The van der Waals surface area contributed by atoms with Crippen molar-refractivity contribution in [2.24, 2.45) is 11.8 Å². The Labute approximate surface area is 112 Å². The van der Waals surface area contributed by atoms with Gasteiger partial charge in [-0.05, 0) is 35.3 Å². The van der Waals surface area contributed by atoms with Gasteiger partial charge in [0.1, 0.15) is 4.21 Å². The summed E-state index contributed by atoms with van der Waals surface area (Å²) in [5, 5.41) is 10.7. The molecule has 2 heterocycles. The zero-order valence-electron chi connectivity index (χ0n) is 10.7. The highest BCUT2D eigenvalue weighted by molar-refractivity contribution is 7.91. The van der Waals surface area contributed by atoms with E-state index in [1.165, 1.54) is 11.3 Å². The van der Waals surface area contributed by atoms with Gasteiger partial charge in [-0.1, -0.05) is 13.8 Å². The second-order valence-electron chi connectivity index (χ2n) is 5.20. The van der Waals surface area contributed by atoms with Crippen molar-refractivity contribution in [1.29, 1.82) is 0 Å². The number of nitrogens with zero attached hydrogens (tertiary/aromatic N) is 1. The Balaban J connectivity index is 2.25. The maximum absolute atomic E-state index is 12.5. The van der Waals surface area contributed by atoms with Crippen LogP contribution in [-0.2, 0) is 16.6 Å². The number of hydrogen-bond donors (Lipinski definition) is 1. The molecule has 1 aromatic rings. The second kappa shape index (κ2) is 5.28. The Hall–Kier alpha value is -0.430. The van der Waals surface area contributed by atoms with Crippen LogP contribution in [-0.4, -0.2) is 30.9 Å². The van der Waals surface area contributed by atoms with E-state index < -0.39 is 10.0 Å². The van der Waals surface area contributed by atoms with Gasteiger partial charge >= 0.3 is 0 Å². The quantitative estimate of drug-likeness (QED) is 0.924. The third-order valence-electron chi connectivity index (χ3n) is 3.24. The van der Waals surface area contributed by atoms with Gasteiger partial charge in [-0.15, -0.1) is 11.3 Å². The number of aliphatic hydroxyl groups excluding tert-OH is 1. The number of aliphatic hydroxyl groups is 1. The molecule has 2 atom stereocenters. The molecule has 102 valence electrons. The van der Waals surface area contributed by atoms with Gasteiger partial charge in [0.25, 0.3) is 10.0 Å². The largest absolute Gasteiger partial charge is 0.392 e. The third kappa shape index (κ3) is 2.77. The fourth-order valence-corrected chi connectivity index (χ4v) is 5.53. The van der Waals surface area contributed by atoms with Crippen LogP contribution in [0.4, 0.5) is 0 Å². The van der Waals surface area contributed by atoms with Crippen LogP contribution < -0.4 is 0 Å². The first-order valence-electron chi connectivity index (χ1n) is 6.12. The van der Waals surface area contributed by atoms with Gasteiger partial charge in [-0.25, -0.2) is 8.42 Å². The van der Waals surface area contributed by atoms with Gasteiger partial charge in [0.15, 0.2) is 0 Å². The lowest BCUT2D eigenvalue weighted by Crippen LogP contribution is -2.42. The Kier molecular flexibility index (Phi) is 4.11. The molecule has 0 bridgehead atoms. The van der Waals surface area contributed by atoms with Crippen molar-refractivity contribution in [3.8, 4) is 0 Å². The van der Waals surface area contributed by atoms with E-state index in [2.05, 4.69) is 13.8 Å². The molecule has 1 aliphatic heterocycles. The Morgan fingerprint density at radius 2 is 2.00 bits per heavy atom. The highest BCUT2D eigenvalue weighted by atomic mass is 32.2. The summed E-state index contributed by atoms with van der Waals surface area (Å²) in [6.45, 7) is 5.26. The van der Waals surface area contributed by atoms with E-state index in [-0.39, 0.29) is 6.61 Å². The maximum Gasteiger partial charge on any atom is 0.252 e. The van der Waals surface area contributed by atoms with Crippen molar-refractivity contribution < 1.29 is 13.5 Å². The van der Waals surface area contributed by atoms with Crippen molar-refractivity contribution in [2.45, 2.75) is 31.1 Å². The maximum atomic E-state index is 12.5. The standard InChI is InChI=1S/C12H19NO3S2/c1-9-3-10(2)6-13(5-9)18(15,16)12-4-11(7-14)8-17-12/h4,8-10,14H,3,5-7H2,1-2H3. The lowest BCUT2D eigenvalue weighted by molar-refractivity contribution is 0.223. The molecule has 0 amide bonds. The van der Waals surface area contributed by atoms with E-state index in [9.17, 15) is 8.42 Å².